The molecule has 4 rings (SSSR count). The van der Waals surface area contributed by atoms with Gasteiger partial charge in [0.1, 0.15) is 0 Å². The van der Waals surface area contributed by atoms with Crippen molar-refractivity contribution in [3.8, 4) is 0 Å². The van der Waals surface area contributed by atoms with Crippen LogP contribution in [0.25, 0.3) is 0 Å². The van der Waals surface area contributed by atoms with E-state index in [1.165, 1.54) is 5.56 Å². The molecule has 3 aliphatic heterocycles. The Morgan fingerprint density at radius 3 is 2.85 bits per heavy atom. The van der Waals surface area contributed by atoms with E-state index in [9.17, 15) is 9.59 Å². The number of aryl methyl sites for hydroxylation is 1. The smallest absolute Gasteiger partial charge is 0.317 e. The molecule has 2 bridgehead atoms. The van der Waals surface area contributed by atoms with Crippen LogP contribution in [0.5, 0.6) is 0 Å². The maximum atomic E-state index is 12.3. The molecule has 0 radical (unpaired) electrons. The monoisotopic (exact) mass is 371 g/mol. The van der Waals surface area contributed by atoms with Crippen LogP contribution in [0.1, 0.15) is 31.7 Å². The molecular weight excluding hydrogens is 342 g/mol. The summed E-state index contributed by atoms with van der Waals surface area (Å²) in [5, 5.41) is 6.01. The van der Waals surface area contributed by atoms with Gasteiger partial charge in [0.25, 0.3) is 0 Å². The third-order valence-electron chi connectivity index (χ3n) is 6.42. The number of carbonyl (C=O) groups excluding carboxylic acids is 2. The Hall–Kier alpha value is -2.08. The molecule has 1 spiro atoms. The van der Waals surface area contributed by atoms with Crippen molar-refractivity contribution >= 4 is 11.9 Å². The molecule has 3 amide bonds. The van der Waals surface area contributed by atoms with Crippen molar-refractivity contribution in [2.45, 2.75) is 44.3 Å². The van der Waals surface area contributed by atoms with E-state index in [4.69, 9.17) is 4.74 Å². The summed E-state index contributed by atoms with van der Waals surface area (Å²) in [5.74, 6) is 0.724. The molecule has 3 aliphatic rings. The number of likely N-dealkylation sites (tertiary alicyclic amines) is 1. The molecule has 3 heterocycles. The highest BCUT2D eigenvalue weighted by Crippen LogP contribution is 2.54. The molecule has 3 saturated heterocycles. The SMILES string of the molecule is CCNC(=O)N1C[C@@H]2[C@H](CNC(=O)CCc3ccccc3)[C@H]3CC[C@]2(C1)O3. The third-order valence-corrected chi connectivity index (χ3v) is 6.42. The summed E-state index contributed by atoms with van der Waals surface area (Å²) >= 11 is 0. The Bertz CT molecular complexity index is 695. The first-order valence-corrected chi connectivity index (χ1v) is 10.1. The maximum absolute atomic E-state index is 12.3. The lowest BCUT2D eigenvalue weighted by atomic mass is 9.73. The van der Waals surface area contributed by atoms with E-state index in [0.717, 1.165) is 25.8 Å². The zero-order chi connectivity index (χ0) is 18.9. The predicted octanol–water partition coefficient (Wildman–Crippen LogP) is 1.94. The summed E-state index contributed by atoms with van der Waals surface area (Å²) in [4.78, 5) is 26.4. The Balaban J connectivity index is 1.30. The van der Waals surface area contributed by atoms with Gasteiger partial charge in [-0.1, -0.05) is 30.3 Å². The molecule has 4 atom stereocenters. The number of amides is 3. The van der Waals surface area contributed by atoms with Crippen LogP contribution in [-0.2, 0) is 16.0 Å². The summed E-state index contributed by atoms with van der Waals surface area (Å²) in [5.41, 5.74) is 0.998. The topological polar surface area (TPSA) is 70.7 Å². The van der Waals surface area contributed by atoms with Crippen LogP contribution < -0.4 is 10.6 Å². The first-order chi connectivity index (χ1) is 13.1. The van der Waals surface area contributed by atoms with E-state index < -0.39 is 0 Å². The van der Waals surface area contributed by atoms with Crippen molar-refractivity contribution in [2.24, 2.45) is 11.8 Å². The summed E-state index contributed by atoms with van der Waals surface area (Å²) in [6, 6.07) is 10.1. The molecule has 146 valence electrons. The van der Waals surface area contributed by atoms with Crippen LogP contribution >= 0.6 is 0 Å². The number of carbonyl (C=O) groups is 2. The van der Waals surface area contributed by atoms with Gasteiger partial charge in [0.05, 0.1) is 18.2 Å². The number of nitrogens with one attached hydrogen (secondary N) is 2. The second-order valence-corrected chi connectivity index (χ2v) is 8.04. The van der Waals surface area contributed by atoms with Gasteiger partial charge in [0, 0.05) is 37.9 Å². The molecule has 27 heavy (non-hydrogen) atoms. The third kappa shape index (κ3) is 3.55. The average Bonchev–Trinajstić information content (AvgIpc) is 3.34. The fourth-order valence-electron chi connectivity index (χ4n) is 5.10. The molecule has 0 unspecified atom stereocenters. The van der Waals surface area contributed by atoms with Crippen molar-refractivity contribution in [2.75, 3.05) is 26.2 Å². The van der Waals surface area contributed by atoms with E-state index >= 15 is 0 Å². The number of hydrogen-bond donors (Lipinski definition) is 2. The number of rotatable bonds is 6. The minimum absolute atomic E-state index is 0.000952. The first kappa shape index (κ1) is 18.3. The van der Waals surface area contributed by atoms with Crippen LogP contribution in [-0.4, -0.2) is 54.7 Å². The predicted molar refractivity (Wildman–Crippen MR) is 102 cm³/mol. The maximum Gasteiger partial charge on any atom is 0.317 e. The Labute approximate surface area is 160 Å². The number of benzene rings is 1. The zero-order valence-corrected chi connectivity index (χ0v) is 15.9. The normalized spacial score (nSPS) is 31.0. The van der Waals surface area contributed by atoms with Gasteiger partial charge >= 0.3 is 6.03 Å². The lowest BCUT2D eigenvalue weighted by Gasteiger charge is -2.29. The summed E-state index contributed by atoms with van der Waals surface area (Å²) in [7, 11) is 0. The van der Waals surface area contributed by atoms with Crippen LogP contribution in [0.3, 0.4) is 0 Å². The summed E-state index contributed by atoms with van der Waals surface area (Å²) < 4.78 is 6.34. The molecule has 1 aromatic rings. The molecule has 6 heteroatoms. The molecule has 0 saturated carbocycles. The van der Waals surface area contributed by atoms with Crippen molar-refractivity contribution in [3.63, 3.8) is 0 Å². The van der Waals surface area contributed by atoms with Gasteiger partial charge in [-0.25, -0.2) is 4.79 Å². The van der Waals surface area contributed by atoms with Crippen LogP contribution in [0, 0.1) is 11.8 Å². The second kappa shape index (κ2) is 7.50. The number of urea groups is 1. The van der Waals surface area contributed by atoms with Crippen LogP contribution in [0.15, 0.2) is 30.3 Å². The van der Waals surface area contributed by atoms with Crippen molar-refractivity contribution in [3.05, 3.63) is 35.9 Å². The van der Waals surface area contributed by atoms with Crippen molar-refractivity contribution in [1.82, 2.24) is 15.5 Å². The molecule has 1 aromatic carbocycles. The minimum Gasteiger partial charge on any atom is -0.369 e. The van der Waals surface area contributed by atoms with Gasteiger partial charge in [-0.2, -0.15) is 0 Å². The van der Waals surface area contributed by atoms with Crippen molar-refractivity contribution in [1.29, 1.82) is 0 Å². The zero-order valence-electron chi connectivity index (χ0n) is 15.9. The Morgan fingerprint density at radius 2 is 2.07 bits per heavy atom. The van der Waals surface area contributed by atoms with E-state index in [0.29, 0.717) is 37.9 Å². The van der Waals surface area contributed by atoms with Gasteiger partial charge in [0.2, 0.25) is 5.91 Å². The van der Waals surface area contributed by atoms with Gasteiger partial charge in [-0.3, -0.25) is 4.79 Å². The molecule has 0 aromatic heterocycles. The molecule has 6 nitrogen and oxygen atoms in total. The van der Waals surface area contributed by atoms with Crippen LogP contribution in [0.4, 0.5) is 4.79 Å². The van der Waals surface area contributed by atoms with E-state index in [-0.39, 0.29) is 23.6 Å². The standard InChI is InChI=1S/C21H29N3O3/c1-2-22-20(26)24-13-17-16(18-10-11-21(17,14-24)27-18)12-23-19(25)9-8-15-6-4-3-5-7-15/h3-7,16-18H,2,8-14H2,1H3,(H,22,26)(H,23,25)/t16-,17+,18+,21+/m0/s1. The molecule has 0 aliphatic carbocycles. The number of fused-ring (bicyclic) bond motifs is 1. The Kier molecular flexibility index (Phi) is 5.08. The number of ether oxygens (including phenoxy) is 1. The minimum atomic E-state index is -0.185. The number of hydrogen-bond acceptors (Lipinski definition) is 3. The lowest BCUT2D eigenvalue weighted by Crippen LogP contribution is -2.41. The highest BCUT2D eigenvalue weighted by Gasteiger charge is 2.63. The van der Waals surface area contributed by atoms with E-state index in [1.54, 1.807) is 0 Å². The highest BCUT2D eigenvalue weighted by atomic mass is 16.5. The van der Waals surface area contributed by atoms with E-state index in [1.807, 2.05) is 30.0 Å². The average molecular weight is 371 g/mol. The van der Waals surface area contributed by atoms with Gasteiger partial charge < -0.3 is 20.3 Å². The van der Waals surface area contributed by atoms with E-state index in [2.05, 4.69) is 22.8 Å². The fourth-order valence-corrected chi connectivity index (χ4v) is 5.10. The van der Waals surface area contributed by atoms with Gasteiger partial charge in [-0.15, -0.1) is 0 Å². The lowest BCUT2D eigenvalue weighted by molar-refractivity contribution is -0.121. The quantitative estimate of drug-likeness (QED) is 0.803. The molecule has 3 fully saturated rings. The Morgan fingerprint density at radius 1 is 1.26 bits per heavy atom. The van der Waals surface area contributed by atoms with Crippen LogP contribution in [0.2, 0.25) is 0 Å². The largest absolute Gasteiger partial charge is 0.369 e. The number of nitrogens with zero attached hydrogens (tertiary/aromatic N) is 1. The first-order valence-electron chi connectivity index (χ1n) is 10.1. The summed E-state index contributed by atoms with van der Waals surface area (Å²) in [6.45, 7) is 4.62. The second-order valence-electron chi connectivity index (χ2n) is 8.04. The molecule has 2 N–H and O–H groups in total. The summed E-state index contributed by atoms with van der Waals surface area (Å²) in [6.07, 6.45) is 3.54. The van der Waals surface area contributed by atoms with Crippen molar-refractivity contribution < 1.29 is 14.3 Å². The molecular formula is C21H29N3O3. The highest BCUT2D eigenvalue weighted by molar-refractivity contribution is 5.76. The van der Waals surface area contributed by atoms with Gasteiger partial charge in [0.15, 0.2) is 0 Å². The van der Waals surface area contributed by atoms with Gasteiger partial charge in [-0.05, 0) is 31.7 Å². The fraction of sp³-hybridized carbons (Fsp3) is 0.619.